The molecular formula is C14H14FNO2. The third-order valence-electron chi connectivity index (χ3n) is 3.15. The summed E-state index contributed by atoms with van der Waals surface area (Å²) >= 11 is 0. The predicted octanol–water partition coefficient (Wildman–Crippen LogP) is 2.27. The van der Waals surface area contributed by atoms with Crippen LogP contribution in [0.1, 0.15) is 24.8 Å². The van der Waals surface area contributed by atoms with Gasteiger partial charge in [-0.2, -0.15) is 0 Å². The van der Waals surface area contributed by atoms with Gasteiger partial charge in [0.25, 0.3) is 0 Å². The van der Waals surface area contributed by atoms with Gasteiger partial charge in [0.2, 0.25) is 5.91 Å². The van der Waals surface area contributed by atoms with Crippen LogP contribution in [-0.2, 0) is 4.79 Å². The molecule has 1 N–H and O–H groups in total. The number of halogens is 1. The molecule has 1 fully saturated rings. The summed E-state index contributed by atoms with van der Waals surface area (Å²) in [6.45, 7) is 0.529. The van der Waals surface area contributed by atoms with Crippen LogP contribution in [0.2, 0.25) is 0 Å². The largest absolute Gasteiger partial charge is 0.493 e. The first-order valence-corrected chi connectivity index (χ1v) is 6.16. The van der Waals surface area contributed by atoms with Crippen LogP contribution in [-0.4, -0.2) is 18.6 Å². The second-order valence-electron chi connectivity index (χ2n) is 4.69. The van der Waals surface area contributed by atoms with Gasteiger partial charge in [0.1, 0.15) is 11.6 Å². The monoisotopic (exact) mass is 247 g/mol. The van der Waals surface area contributed by atoms with E-state index in [0.29, 0.717) is 30.4 Å². The average Bonchev–Trinajstić information content (AvgIpc) is 3.14. The molecule has 2 aliphatic rings. The van der Waals surface area contributed by atoms with Gasteiger partial charge >= 0.3 is 0 Å². The zero-order chi connectivity index (χ0) is 12.5. The molecule has 1 saturated carbocycles. The molecule has 94 valence electrons. The molecule has 0 saturated heterocycles. The van der Waals surface area contributed by atoms with Gasteiger partial charge in [0, 0.05) is 24.1 Å². The normalized spacial score (nSPS) is 20.2. The lowest BCUT2D eigenvalue weighted by Gasteiger charge is -2.20. The van der Waals surface area contributed by atoms with E-state index in [2.05, 4.69) is 5.32 Å². The molecule has 0 bridgehead atoms. The SMILES string of the molecule is O=C(/C=C1\CCOc2ccc(F)cc21)NC1CC1. The number of carbonyl (C=O) groups is 1. The summed E-state index contributed by atoms with van der Waals surface area (Å²) in [5.74, 6) is 0.241. The Labute approximate surface area is 105 Å². The number of rotatable bonds is 2. The van der Waals surface area contributed by atoms with E-state index in [9.17, 15) is 9.18 Å². The number of benzene rings is 1. The van der Waals surface area contributed by atoms with E-state index in [1.807, 2.05) is 0 Å². The maximum atomic E-state index is 13.2. The zero-order valence-electron chi connectivity index (χ0n) is 9.91. The molecule has 0 atom stereocenters. The number of amides is 1. The summed E-state index contributed by atoms with van der Waals surface area (Å²) < 4.78 is 18.7. The van der Waals surface area contributed by atoms with Gasteiger partial charge in [-0.25, -0.2) is 4.39 Å². The first kappa shape index (κ1) is 11.3. The second kappa shape index (κ2) is 4.44. The maximum Gasteiger partial charge on any atom is 0.244 e. The van der Waals surface area contributed by atoms with Gasteiger partial charge in [0.15, 0.2) is 0 Å². The van der Waals surface area contributed by atoms with Crippen LogP contribution in [0.3, 0.4) is 0 Å². The predicted molar refractivity (Wildman–Crippen MR) is 65.7 cm³/mol. The van der Waals surface area contributed by atoms with Crippen molar-refractivity contribution in [3.8, 4) is 5.75 Å². The van der Waals surface area contributed by atoms with Gasteiger partial charge in [-0.1, -0.05) is 0 Å². The topological polar surface area (TPSA) is 38.3 Å². The Bertz CT molecular complexity index is 521. The van der Waals surface area contributed by atoms with Crippen molar-refractivity contribution in [1.29, 1.82) is 0 Å². The lowest BCUT2D eigenvalue weighted by molar-refractivity contribution is -0.116. The molecule has 1 aromatic rings. The Hall–Kier alpha value is -1.84. The smallest absolute Gasteiger partial charge is 0.244 e. The van der Waals surface area contributed by atoms with Crippen molar-refractivity contribution in [2.45, 2.75) is 25.3 Å². The van der Waals surface area contributed by atoms with Crippen LogP contribution in [0.25, 0.3) is 5.57 Å². The van der Waals surface area contributed by atoms with Crippen molar-refractivity contribution in [3.63, 3.8) is 0 Å². The highest BCUT2D eigenvalue weighted by atomic mass is 19.1. The Morgan fingerprint density at radius 2 is 2.28 bits per heavy atom. The highest BCUT2D eigenvalue weighted by Gasteiger charge is 2.23. The summed E-state index contributed by atoms with van der Waals surface area (Å²) in [6, 6.07) is 4.73. The molecule has 4 heteroatoms. The maximum absolute atomic E-state index is 13.2. The quantitative estimate of drug-likeness (QED) is 0.814. The Kier molecular flexibility index (Phi) is 2.78. The highest BCUT2D eigenvalue weighted by molar-refractivity contribution is 5.96. The van der Waals surface area contributed by atoms with Crippen LogP contribution >= 0.6 is 0 Å². The van der Waals surface area contributed by atoms with Crippen LogP contribution in [0.4, 0.5) is 4.39 Å². The third-order valence-corrected chi connectivity index (χ3v) is 3.15. The van der Waals surface area contributed by atoms with Gasteiger partial charge in [-0.05, 0) is 36.6 Å². The average molecular weight is 247 g/mol. The van der Waals surface area contributed by atoms with Crippen LogP contribution < -0.4 is 10.1 Å². The van der Waals surface area contributed by atoms with Crippen LogP contribution in [0.15, 0.2) is 24.3 Å². The number of nitrogens with one attached hydrogen (secondary N) is 1. The summed E-state index contributed by atoms with van der Waals surface area (Å²) in [6.07, 6.45) is 4.32. The fourth-order valence-electron chi connectivity index (χ4n) is 2.06. The molecule has 0 aromatic heterocycles. The summed E-state index contributed by atoms with van der Waals surface area (Å²) in [5, 5.41) is 2.90. The second-order valence-corrected chi connectivity index (χ2v) is 4.69. The van der Waals surface area contributed by atoms with Crippen LogP contribution in [0.5, 0.6) is 5.75 Å². The number of ether oxygens (including phenoxy) is 1. The van der Waals surface area contributed by atoms with Gasteiger partial charge < -0.3 is 10.1 Å². The van der Waals surface area contributed by atoms with Crippen molar-refractivity contribution >= 4 is 11.5 Å². The van der Waals surface area contributed by atoms with E-state index in [1.54, 1.807) is 12.1 Å². The molecule has 0 spiro atoms. The lowest BCUT2D eigenvalue weighted by Crippen LogP contribution is -2.23. The van der Waals surface area contributed by atoms with E-state index in [-0.39, 0.29) is 11.7 Å². The Morgan fingerprint density at radius 3 is 3.06 bits per heavy atom. The van der Waals surface area contributed by atoms with Crippen LogP contribution in [0, 0.1) is 5.82 Å². The molecule has 1 aliphatic carbocycles. The minimum atomic E-state index is -0.312. The molecule has 3 nitrogen and oxygen atoms in total. The van der Waals surface area contributed by atoms with Crippen molar-refractivity contribution < 1.29 is 13.9 Å². The summed E-state index contributed by atoms with van der Waals surface area (Å²) in [4.78, 5) is 11.7. The first-order valence-electron chi connectivity index (χ1n) is 6.16. The molecule has 1 heterocycles. The zero-order valence-corrected chi connectivity index (χ0v) is 9.91. The molecular weight excluding hydrogens is 233 g/mol. The molecule has 1 amide bonds. The number of fused-ring (bicyclic) bond motifs is 1. The third kappa shape index (κ3) is 2.37. The van der Waals surface area contributed by atoms with E-state index in [1.165, 1.54) is 12.1 Å². The number of hydrogen-bond donors (Lipinski definition) is 1. The molecule has 3 rings (SSSR count). The summed E-state index contributed by atoms with van der Waals surface area (Å²) in [5.41, 5.74) is 1.53. The Balaban J connectivity index is 1.87. The first-order chi connectivity index (χ1) is 8.72. The Morgan fingerprint density at radius 1 is 1.44 bits per heavy atom. The van der Waals surface area contributed by atoms with E-state index in [0.717, 1.165) is 18.4 Å². The van der Waals surface area contributed by atoms with Gasteiger partial charge in [0.05, 0.1) is 6.61 Å². The van der Waals surface area contributed by atoms with Crippen molar-refractivity contribution in [2.75, 3.05) is 6.61 Å². The van der Waals surface area contributed by atoms with Crippen molar-refractivity contribution in [3.05, 3.63) is 35.7 Å². The van der Waals surface area contributed by atoms with Gasteiger partial charge in [-0.3, -0.25) is 4.79 Å². The molecule has 1 aliphatic heterocycles. The number of hydrogen-bond acceptors (Lipinski definition) is 2. The highest BCUT2D eigenvalue weighted by Crippen LogP contribution is 2.33. The molecule has 0 radical (unpaired) electrons. The van der Waals surface area contributed by atoms with E-state index >= 15 is 0 Å². The number of carbonyl (C=O) groups excluding carboxylic acids is 1. The lowest BCUT2D eigenvalue weighted by atomic mass is 9.99. The van der Waals surface area contributed by atoms with Gasteiger partial charge in [-0.15, -0.1) is 0 Å². The minimum absolute atomic E-state index is 0.0930. The van der Waals surface area contributed by atoms with Crippen molar-refractivity contribution in [2.24, 2.45) is 0 Å². The van der Waals surface area contributed by atoms with E-state index < -0.39 is 0 Å². The molecule has 18 heavy (non-hydrogen) atoms. The molecule has 1 aromatic carbocycles. The standard InChI is InChI=1S/C14H14FNO2/c15-10-1-4-13-12(8-10)9(5-6-18-13)7-14(17)16-11-2-3-11/h1,4,7-8,11H,2-3,5-6H2,(H,16,17)/b9-7+. The molecule has 0 unspecified atom stereocenters. The fourth-order valence-corrected chi connectivity index (χ4v) is 2.06. The summed E-state index contributed by atoms with van der Waals surface area (Å²) in [7, 11) is 0. The van der Waals surface area contributed by atoms with E-state index in [4.69, 9.17) is 4.74 Å². The fraction of sp³-hybridized carbons (Fsp3) is 0.357. The van der Waals surface area contributed by atoms with Crippen molar-refractivity contribution in [1.82, 2.24) is 5.32 Å². The minimum Gasteiger partial charge on any atom is -0.493 e.